The van der Waals surface area contributed by atoms with Crippen LogP contribution in [0.3, 0.4) is 0 Å². The molecule has 241 valence electrons. The van der Waals surface area contributed by atoms with Gasteiger partial charge in [0.1, 0.15) is 5.82 Å². The zero-order valence-electron chi connectivity index (χ0n) is 27.9. The predicted octanol–water partition coefficient (Wildman–Crippen LogP) is 13.0. The molecule has 0 aliphatic heterocycles. The topological polar surface area (TPSA) is 25.8 Å². The minimum absolute atomic E-state index is 0.229. The van der Waals surface area contributed by atoms with Crippen LogP contribution in [0, 0.1) is 12.2 Å². The molecule has 1 radical (unpaired) electrons. The highest BCUT2D eigenvalue weighted by Gasteiger charge is 2.30. The molecule has 0 saturated heterocycles. The van der Waals surface area contributed by atoms with Crippen molar-refractivity contribution >= 4 is 54.0 Å². The standard InChI is InChI=1S/C49H28FN2/c50-45-28-43-37-18-10-8-16-35(37)34-15-7-9-17-36(34)41(43)26-39(45)33-23-24-38-40(25-33)42-27-44(42)46-47(51-49(52-48(38)46)32-13-5-2-6-14-32)31-21-19-30(20-22-31)29-11-3-1-4-12-29/h1-28H. The average Bonchev–Trinajstić information content (AvgIpc) is 4.03. The zero-order valence-corrected chi connectivity index (χ0v) is 27.9. The number of benzene rings is 9. The van der Waals surface area contributed by atoms with E-state index in [1.54, 1.807) is 6.07 Å². The molecule has 0 N–H and O–H groups in total. The Hall–Kier alpha value is -6.71. The van der Waals surface area contributed by atoms with E-state index in [0.717, 1.165) is 82.1 Å². The lowest BCUT2D eigenvalue weighted by Crippen LogP contribution is -1.96. The summed E-state index contributed by atoms with van der Waals surface area (Å²) in [5.41, 5.74) is 9.92. The van der Waals surface area contributed by atoms with Crippen LogP contribution in [-0.4, -0.2) is 9.97 Å². The Morgan fingerprint density at radius 2 is 0.904 bits per heavy atom. The number of rotatable bonds is 4. The number of halogens is 1. The maximum atomic E-state index is 16.3. The van der Waals surface area contributed by atoms with Gasteiger partial charge in [0.25, 0.3) is 0 Å². The molecule has 10 aromatic rings. The fourth-order valence-corrected chi connectivity index (χ4v) is 8.11. The molecule has 1 aliphatic carbocycles. The van der Waals surface area contributed by atoms with Crippen LogP contribution in [0.1, 0.15) is 11.1 Å². The molecule has 0 fully saturated rings. The van der Waals surface area contributed by atoms with Crippen LogP contribution in [0.5, 0.6) is 0 Å². The summed E-state index contributed by atoms with van der Waals surface area (Å²) in [6.45, 7) is 0. The lowest BCUT2D eigenvalue weighted by molar-refractivity contribution is 0.633. The SMILES string of the molecule is Fc1cc2c3ccccc3c3ccccc3c2cc1-c1ccc2c(c1)c1c(c3c(-c4ccc(-c5ccccc5)cc4)nc(-c4ccccc4)nc32)[CH]1. The first-order valence-electron chi connectivity index (χ1n) is 17.6. The van der Waals surface area contributed by atoms with E-state index in [0.29, 0.717) is 11.4 Å². The Labute approximate surface area is 299 Å². The van der Waals surface area contributed by atoms with Gasteiger partial charge in [-0.3, -0.25) is 0 Å². The summed E-state index contributed by atoms with van der Waals surface area (Å²) in [7, 11) is 0. The molecule has 1 heterocycles. The monoisotopic (exact) mass is 663 g/mol. The Bertz CT molecular complexity index is 3080. The van der Waals surface area contributed by atoms with E-state index in [-0.39, 0.29) is 5.82 Å². The van der Waals surface area contributed by atoms with Crippen LogP contribution < -0.4 is 0 Å². The van der Waals surface area contributed by atoms with Crippen LogP contribution >= 0.6 is 0 Å². The molecule has 52 heavy (non-hydrogen) atoms. The Morgan fingerprint density at radius 3 is 1.58 bits per heavy atom. The molecule has 0 amide bonds. The third-order valence-corrected chi connectivity index (χ3v) is 10.7. The maximum absolute atomic E-state index is 16.3. The maximum Gasteiger partial charge on any atom is 0.160 e. The van der Waals surface area contributed by atoms with Crippen molar-refractivity contribution in [2.75, 3.05) is 0 Å². The number of fused-ring (bicyclic) bond motifs is 12. The molecule has 1 aromatic heterocycles. The summed E-state index contributed by atoms with van der Waals surface area (Å²) in [5.74, 6) is 0.453. The van der Waals surface area contributed by atoms with Crippen molar-refractivity contribution in [1.82, 2.24) is 9.97 Å². The smallest absolute Gasteiger partial charge is 0.160 e. The molecule has 2 nitrogen and oxygen atoms in total. The van der Waals surface area contributed by atoms with Gasteiger partial charge in [-0.25, -0.2) is 14.4 Å². The summed E-state index contributed by atoms with van der Waals surface area (Å²) in [6, 6.07) is 56.0. The second-order valence-electron chi connectivity index (χ2n) is 13.6. The highest BCUT2D eigenvalue weighted by atomic mass is 19.1. The van der Waals surface area contributed by atoms with Crippen molar-refractivity contribution < 1.29 is 4.39 Å². The highest BCUT2D eigenvalue weighted by molar-refractivity contribution is 6.26. The third kappa shape index (κ3) is 4.42. The predicted molar refractivity (Wildman–Crippen MR) is 214 cm³/mol. The van der Waals surface area contributed by atoms with E-state index in [2.05, 4.69) is 116 Å². The normalized spacial score (nSPS) is 12.2. The van der Waals surface area contributed by atoms with Gasteiger partial charge < -0.3 is 0 Å². The lowest BCUT2D eigenvalue weighted by Gasteiger charge is -2.14. The van der Waals surface area contributed by atoms with Gasteiger partial charge in [-0.05, 0) is 83.7 Å². The van der Waals surface area contributed by atoms with Crippen LogP contribution in [0.25, 0.3) is 98.9 Å². The average molecular weight is 664 g/mol. The largest absolute Gasteiger partial charge is 0.227 e. The molecule has 9 aromatic carbocycles. The molecule has 1 aliphatic rings. The number of hydrogen-bond donors (Lipinski definition) is 0. The van der Waals surface area contributed by atoms with Crippen LogP contribution in [-0.2, 0) is 0 Å². The first-order chi connectivity index (χ1) is 25.7. The van der Waals surface area contributed by atoms with E-state index in [1.165, 1.54) is 16.5 Å². The number of nitrogens with zero attached hydrogens (tertiary/aromatic N) is 2. The molecular weight excluding hydrogens is 636 g/mol. The van der Waals surface area contributed by atoms with Crippen molar-refractivity contribution in [3.05, 3.63) is 187 Å². The molecule has 0 spiro atoms. The van der Waals surface area contributed by atoms with Crippen molar-refractivity contribution in [3.63, 3.8) is 0 Å². The van der Waals surface area contributed by atoms with Gasteiger partial charge in [-0.2, -0.15) is 0 Å². The van der Waals surface area contributed by atoms with Gasteiger partial charge >= 0.3 is 0 Å². The fraction of sp³-hybridized carbons (Fsp3) is 0. The van der Waals surface area contributed by atoms with Gasteiger partial charge in [0.2, 0.25) is 0 Å². The molecule has 11 rings (SSSR count). The molecule has 3 heteroatoms. The van der Waals surface area contributed by atoms with Crippen LogP contribution in [0.15, 0.2) is 164 Å². The molecule has 0 atom stereocenters. The fourth-order valence-electron chi connectivity index (χ4n) is 8.11. The summed E-state index contributed by atoms with van der Waals surface area (Å²) in [4.78, 5) is 10.5. The van der Waals surface area contributed by atoms with Crippen molar-refractivity contribution in [2.24, 2.45) is 0 Å². The van der Waals surface area contributed by atoms with Gasteiger partial charge in [-0.1, -0.05) is 146 Å². The van der Waals surface area contributed by atoms with E-state index in [1.807, 2.05) is 48.5 Å². The highest BCUT2D eigenvalue weighted by Crippen LogP contribution is 2.49. The number of aromatic nitrogens is 2. The quantitative estimate of drug-likeness (QED) is 0.175. The summed E-state index contributed by atoms with van der Waals surface area (Å²) in [5, 5.41) is 9.63. The van der Waals surface area contributed by atoms with Gasteiger partial charge in [0, 0.05) is 33.9 Å². The van der Waals surface area contributed by atoms with Crippen LogP contribution in [0.4, 0.5) is 4.39 Å². The van der Waals surface area contributed by atoms with Crippen molar-refractivity contribution in [2.45, 2.75) is 0 Å². The Balaban J connectivity index is 1.12. The second-order valence-corrected chi connectivity index (χ2v) is 13.6. The Morgan fingerprint density at radius 1 is 0.365 bits per heavy atom. The minimum atomic E-state index is -0.229. The zero-order chi connectivity index (χ0) is 34.3. The van der Waals surface area contributed by atoms with E-state index >= 15 is 4.39 Å². The third-order valence-electron chi connectivity index (χ3n) is 10.7. The Kier molecular flexibility index (Phi) is 6.23. The van der Waals surface area contributed by atoms with Gasteiger partial charge in [-0.15, -0.1) is 0 Å². The van der Waals surface area contributed by atoms with E-state index in [4.69, 9.17) is 9.97 Å². The van der Waals surface area contributed by atoms with E-state index in [9.17, 15) is 0 Å². The van der Waals surface area contributed by atoms with Crippen molar-refractivity contribution in [1.29, 1.82) is 0 Å². The van der Waals surface area contributed by atoms with Crippen molar-refractivity contribution in [3.8, 4) is 44.9 Å². The van der Waals surface area contributed by atoms with Gasteiger partial charge in [0.05, 0.1) is 11.2 Å². The van der Waals surface area contributed by atoms with Crippen LogP contribution in [0.2, 0.25) is 0 Å². The summed E-state index contributed by atoms with van der Waals surface area (Å²) >= 11 is 0. The molecule has 0 saturated carbocycles. The second kappa shape index (κ2) is 11.1. The first kappa shape index (κ1) is 29.1. The molecule has 0 bridgehead atoms. The minimum Gasteiger partial charge on any atom is -0.227 e. The lowest BCUT2D eigenvalue weighted by atomic mass is 9.91. The van der Waals surface area contributed by atoms with Gasteiger partial charge in [0.15, 0.2) is 5.82 Å². The first-order valence-corrected chi connectivity index (χ1v) is 17.6. The summed E-state index contributed by atoms with van der Waals surface area (Å²) in [6.07, 6.45) is 2.22. The molecule has 0 unspecified atom stereocenters. The number of hydrogen-bond acceptors (Lipinski definition) is 2. The summed E-state index contributed by atoms with van der Waals surface area (Å²) < 4.78 is 16.3. The molecular formula is C49H28FN2. The van der Waals surface area contributed by atoms with E-state index < -0.39 is 0 Å².